The first-order valence-corrected chi connectivity index (χ1v) is 8.20. The van der Waals surface area contributed by atoms with E-state index in [9.17, 15) is 4.79 Å². The molecule has 3 heteroatoms. The Morgan fingerprint density at radius 3 is 2.83 bits per heavy atom. The van der Waals surface area contributed by atoms with Crippen LogP contribution in [0.15, 0.2) is 48.5 Å². The van der Waals surface area contributed by atoms with Crippen LogP contribution in [-0.2, 0) is 12.8 Å². The molecule has 2 N–H and O–H groups in total. The summed E-state index contributed by atoms with van der Waals surface area (Å²) in [7, 11) is 0. The number of benzene rings is 2. The van der Waals surface area contributed by atoms with E-state index >= 15 is 0 Å². The van der Waals surface area contributed by atoms with Gasteiger partial charge in [-0.05, 0) is 61.1 Å². The summed E-state index contributed by atoms with van der Waals surface area (Å²) in [4.78, 5) is 16.0. The van der Waals surface area contributed by atoms with Crippen LogP contribution in [0.1, 0.15) is 35.0 Å². The zero-order chi connectivity index (χ0) is 15.8. The monoisotopic (exact) mass is 304 g/mol. The van der Waals surface area contributed by atoms with E-state index in [2.05, 4.69) is 17.2 Å². The summed E-state index contributed by atoms with van der Waals surface area (Å²) in [5.74, 6) is 0.653. The molecule has 0 radical (unpaired) electrons. The van der Waals surface area contributed by atoms with Crippen molar-refractivity contribution in [3.8, 4) is 0 Å². The molecule has 3 aromatic rings. The lowest BCUT2D eigenvalue weighted by Gasteiger charge is -2.18. The van der Waals surface area contributed by atoms with Crippen molar-refractivity contribution in [1.82, 2.24) is 4.98 Å². The fraction of sp³-hybridized carbons (Fsp3) is 0.250. The second-order valence-corrected chi connectivity index (χ2v) is 6.51. The van der Waals surface area contributed by atoms with E-state index in [-0.39, 0.29) is 5.91 Å². The molecule has 23 heavy (non-hydrogen) atoms. The van der Waals surface area contributed by atoms with Gasteiger partial charge in [0.1, 0.15) is 0 Å². The van der Waals surface area contributed by atoms with Crippen LogP contribution in [0.2, 0.25) is 0 Å². The number of rotatable bonds is 2. The van der Waals surface area contributed by atoms with Crippen molar-refractivity contribution in [2.24, 2.45) is 5.92 Å². The first kappa shape index (κ1) is 14.1. The van der Waals surface area contributed by atoms with Crippen LogP contribution < -0.4 is 5.32 Å². The fourth-order valence-electron chi connectivity index (χ4n) is 3.46. The van der Waals surface area contributed by atoms with Gasteiger partial charge in [0.2, 0.25) is 0 Å². The number of carbonyl (C=O) groups is 1. The molecule has 0 fully saturated rings. The molecule has 116 valence electrons. The standard InChI is InChI=1S/C20H20N2O/c1-13-7-9-18-16(11-13)17-12-14(8-10-19(17)22-18)20(23)21-15-5-3-2-4-6-15/h2-6,8,10,12-13,22H,7,9,11H2,1H3,(H,21,23)/t13-/m1/s1. The lowest BCUT2D eigenvalue weighted by molar-refractivity contribution is 0.102. The number of amides is 1. The Bertz CT molecular complexity index is 864. The molecule has 0 spiro atoms. The van der Waals surface area contributed by atoms with Gasteiger partial charge in [0, 0.05) is 27.8 Å². The number of hydrogen-bond acceptors (Lipinski definition) is 1. The average molecular weight is 304 g/mol. The summed E-state index contributed by atoms with van der Waals surface area (Å²) < 4.78 is 0. The van der Waals surface area contributed by atoms with Gasteiger partial charge in [0.25, 0.3) is 5.91 Å². The highest BCUT2D eigenvalue weighted by Crippen LogP contribution is 2.32. The predicted octanol–water partition coefficient (Wildman–Crippen LogP) is 4.55. The molecule has 0 unspecified atom stereocenters. The Hall–Kier alpha value is -2.55. The first-order valence-electron chi connectivity index (χ1n) is 8.20. The van der Waals surface area contributed by atoms with Crippen LogP contribution in [0, 0.1) is 5.92 Å². The minimum absolute atomic E-state index is 0.0584. The zero-order valence-corrected chi connectivity index (χ0v) is 13.2. The molecule has 0 saturated heterocycles. The number of aryl methyl sites for hydroxylation is 1. The number of hydrogen-bond donors (Lipinski definition) is 2. The third-order valence-electron chi connectivity index (χ3n) is 4.73. The predicted molar refractivity (Wildman–Crippen MR) is 93.9 cm³/mol. The lowest BCUT2D eigenvalue weighted by atomic mass is 9.87. The number of anilines is 1. The molecule has 1 atom stereocenters. The van der Waals surface area contributed by atoms with Crippen LogP contribution in [0.5, 0.6) is 0 Å². The first-order chi connectivity index (χ1) is 11.2. The normalized spacial score (nSPS) is 17.0. The van der Waals surface area contributed by atoms with Crippen LogP contribution in [0.4, 0.5) is 5.69 Å². The van der Waals surface area contributed by atoms with Crippen LogP contribution in [-0.4, -0.2) is 10.9 Å². The summed E-state index contributed by atoms with van der Waals surface area (Å²) in [5, 5.41) is 4.16. The fourth-order valence-corrected chi connectivity index (χ4v) is 3.46. The molecular weight excluding hydrogens is 284 g/mol. The van der Waals surface area contributed by atoms with E-state index in [4.69, 9.17) is 0 Å². The maximum Gasteiger partial charge on any atom is 0.255 e. The largest absolute Gasteiger partial charge is 0.358 e. The maximum atomic E-state index is 12.5. The number of nitrogens with one attached hydrogen (secondary N) is 2. The quantitative estimate of drug-likeness (QED) is 0.717. The van der Waals surface area contributed by atoms with Crippen molar-refractivity contribution in [3.63, 3.8) is 0 Å². The van der Waals surface area contributed by atoms with Crippen molar-refractivity contribution in [2.75, 3.05) is 5.32 Å². The molecule has 0 bridgehead atoms. The van der Waals surface area contributed by atoms with Crippen molar-refractivity contribution in [1.29, 1.82) is 0 Å². The minimum Gasteiger partial charge on any atom is -0.358 e. The number of aromatic amines is 1. The van der Waals surface area contributed by atoms with Crippen molar-refractivity contribution in [3.05, 3.63) is 65.4 Å². The summed E-state index contributed by atoms with van der Waals surface area (Å²) in [6, 6.07) is 15.5. The van der Waals surface area contributed by atoms with Gasteiger partial charge in [-0.15, -0.1) is 0 Å². The maximum absolute atomic E-state index is 12.5. The average Bonchev–Trinajstić information content (AvgIpc) is 2.93. The number of fused-ring (bicyclic) bond motifs is 3. The van der Waals surface area contributed by atoms with Crippen LogP contribution in [0.25, 0.3) is 10.9 Å². The van der Waals surface area contributed by atoms with E-state index in [0.717, 1.165) is 24.0 Å². The van der Waals surface area contributed by atoms with E-state index in [1.54, 1.807) is 0 Å². The molecule has 0 aliphatic heterocycles. The van der Waals surface area contributed by atoms with Crippen LogP contribution >= 0.6 is 0 Å². The zero-order valence-electron chi connectivity index (χ0n) is 13.2. The van der Waals surface area contributed by atoms with Gasteiger partial charge >= 0.3 is 0 Å². The van der Waals surface area contributed by atoms with Gasteiger partial charge in [0.15, 0.2) is 0 Å². The number of aromatic nitrogens is 1. The Kier molecular flexibility index (Phi) is 3.41. The van der Waals surface area contributed by atoms with Crippen LogP contribution in [0.3, 0.4) is 0 Å². The molecule has 1 heterocycles. The number of H-pyrrole nitrogens is 1. The molecule has 2 aromatic carbocycles. The van der Waals surface area contributed by atoms with E-state index in [1.807, 2.05) is 48.5 Å². The van der Waals surface area contributed by atoms with E-state index in [1.165, 1.54) is 23.1 Å². The third kappa shape index (κ3) is 2.63. The highest BCUT2D eigenvalue weighted by molar-refractivity contribution is 6.06. The second kappa shape index (κ2) is 5.58. The molecule has 1 aliphatic carbocycles. The Balaban J connectivity index is 1.68. The molecular formula is C20H20N2O. The molecule has 1 aromatic heterocycles. The van der Waals surface area contributed by atoms with Gasteiger partial charge in [-0.25, -0.2) is 0 Å². The van der Waals surface area contributed by atoms with E-state index < -0.39 is 0 Å². The number of para-hydroxylation sites is 1. The summed E-state index contributed by atoms with van der Waals surface area (Å²) in [6.07, 6.45) is 3.44. The van der Waals surface area contributed by atoms with Gasteiger partial charge in [-0.2, -0.15) is 0 Å². The third-order valence-corrected chi connectivity index (χ3v) is 4.73. The molecule has 1 aliphatic rings. The summed E-state index contributed by atoms with van der Waals surface area (Å²) >= 11 is 0. The van der Waals surface area contributed by atoms with E-state index in [0.29, 0.717) is 11.5 Å². The molecule has 4 rings (SSSR count). The summed E-state index contributed by atoms with van der Waals surface area (Å²) in [5.41, 5.74) is 5.41. The molecule has 3 nitrogen and oxygen atoms in total. The van der Waals surface area contributed by atoms with Gasteiger partial charge in [-0.3, -0.25) is 4.79 Å². The smallest absolute Gasteiger partial charge is 0.255 e. The van der Waals surface area contributed by atoms with Gasteiger partial charge in [-0.1, -0.05) is 25.1 Å². The van der Waals surface area contributed by atoms with Crippen molar-refractivity contribution in [2.45, 2.75) is 26.2 Å². The number of carbonyl (C=O) groups excluding carboxylic acids is 1. The topological polar surface area (TPSA) is 44.9 Å². The highest BCUT2D eigenvalue weighted by Gasteiger charge is 2.20. The summed E-state index contributed by atoms with van der Waals surface area (Å²) in [6.45, 7) is 2.30. The highest BCUT2D eigenvalue weighted by atomic mass is 16.1. The lowest BCUT2D eigenvalue weighted by Crippen LogP contribution is -2.12. The van der Waals surface area contributed by atoms with Crippen molar-refractivity contribution >= 4 is 22.5 Å². The molecule has 0 saturated carbocycles. The van der Waals surface area contributed by atoms with Gasteiger partial charge in [0.05, 0.1) is 0 Å². The SMILES string of the molecule is C[C@@H]1CCc2[nH]c3ccc(C(=O)Nc4ccccc4)cc3c2C1. The Labute approximate surface area is 135 Å². The van der Waals surface area contributed by atoms with Crippen molar-refractivity contribution < 1.29 is 4.79 Å². The Morgan fingerprint density at radius 1 is 1.17 bits per heavy atom. The second-order valence-electron chi connectivity index (χ2n) is 6.51. The molecule has 1 amide bonds. The minimum atomic E-state index is -0.0584. The Morgan fingerprint density at radius 2 is 2.00 bits per heavy atom. The van der Waals surface area contributed by atoms with Gasteiger partial charge < -0.3 is 10.3 Å².